The molecular weight excluding hydrogens is 200 g/mol. The third-order valence-corrected chi connectivity index (χ3v) is 3.21. The van der Waals surface area contributed by atoms with Crippen LogP contribution in [0.25, 0.3) is 0 Å². The normalized spacial score (nSPS) is 29.1. The van der Waals surface area contributed by atoms with Crippen LogP contribution < -0.4 is 0 Å². The minimum atomic E-state index is -0.500. The van der Waals surface area contributed by atoms with Crippen molar-refractivity contribution in [1.82, 2.24) is 0 Å². The van der Waals surface area contributed by atoms with Gasteiger partial charge in [0, 0.05) is 6.42 Å². The number of hydrogen-bond acceptors (Lipinski definition) is 2. The predicted molar refractivity (Wildman–Crippen MR) is 66.3 cm³/mol. The molecule has 2 aliphatic carbocycles. The molecule has 1 N–H and O–H groups in total. The quantitative estimate of drug-likeness (QED) is 0.686. The van der Waals surface area contributed by atoms with Crippen LogP contribution in [0.5, 0.6) is 0 Å². The van der Waals surface area contributed by atoms with Crippen LogP contribution in [0.1, 0.15) is 59.8 Å². The lowest BCUT2D eigenvalue weighted by Crippen LogP contribution is -2.20. The Morgan fingerprint density at radius 2 is 1.81 bits per heavy atom. The zero-order valence-electron chi connectivity index (χ0n) is 11.0. The van der Waals surface area contributed by atoms with E-state index in [9.17, 15) is 4.79 Å². The Morgan fingerprint density at radius 3 is 2.38 bits per heavy atom. The highest BCUT2D eigenvalue weighted by molar-refractivity contribution is 5.91. The minimum Gasteiger partial charge on any atom is -0.391 e. The molecule has 0 radical (unpaired) electrons. The summed E-state index contributed by atoms with van der Waals surface area (Å²) in [5.41, 5.74) is 1.34. The van der Waals surface area contributed by atoms with Gasteiger partial charge in [-0.2, -0.15) is 0 Å². The van der Waals surface area contributed by atoms with E-state index in [4.69, 9.17) is 5.11 Å². The highest BCUT2D eigenvalue weighted by atomic mass is 16.3. The van der Waals surface area contributed by atoms with Crippen molar-refractivity contribution < 1.29 is 9.90 Å². The van der Waals surface area contributed by atoms with E-state index < -0.39 is 5.60 Å². The van der Waals surface area contributed by atoms with Crippen LogP contribution in [0.4, 0.5) is 0 Å². The molecule has 0 unspecified atom stereocenters. The van der Waals surface area contributed by atoms with Gasteiger partial charge in [0.05, 0.1) is 5.60 Å². The molecule has 1 saturated carbocycles. The van der Waals surface area contributed by atoms with Crippen molar-refractivity contribution in [2.45, 2.75) is 65.4 Å². The summed E-state index contributed by atoms with van der Waals surface area (Å²) in [4.78, 5) is 11.1. The third-order valence-electron chi connectivity index (χ3n) is 3.21. The molecule has 0 aromatic heterocycles. The van der Waals surface area contributed by atoms with Crippen LogP contribution >= 0.6 is 0 Å². The maximum absolute atomic E-state index is 11.1. The molecule has 1 fully saturated rings. The Hall–Kier alpha value is -0.630. The van der Waals surface area contributed by atoms with Crippen molar-refractivity contribution in [3.8, 4) is 0 Å². The molecule has 0 saturated heterocycles. The molecule has 0 aromatic rings. The molecular formula is C14H24O2. The van der Waals surface area contributed by atoms with Gasteiger partial charge in [-0.05, 0) is 57.9 Å². The number of aliphatic hydroxyl groups is 1. The molecule has 2 aliphatic rings. The molecule has 0 bridgehead atoms. The fourth-order valence-corrected chi connectivity index (χ4v) is 2.33. The smallest absolute Gasteiger partial charge is 0.155 e. The summed E-state index contributed by atoms with van der Waals surface area (Å²) in [6.07, 6.45) is 7.53. The van der Waals surface area contributed by atoms with Crippen LogP contribution in [-0.4, -0.2) is 16.5 Å². The molecule has 0 spiro atoms. The second kappa shape index (κ2) is 4.70. The van der Waals surface area contributed by atoms with Gasteiger partial charge in [0.15, 0.2) is 5.78 Å². The van der Waals surface area contributed by atoms with Crippen LogP contribution in [0.2, 0.25) is 0 Å². The summed E-state index contributed by atoms with van der Waals surface area (Å²) in [7, 11) is 0. The number of fused-ring (bicyclic) bond motifs is 1. The summed E-state index contributed by atoms with van der Waals surface area (Å²) in [6, 6.07) is 0. The summed E-state index contributed by atoms with van der Waals surface area (Å²) in [5.74, 6) is 0.347. The Bertz CT molecular complexity index is 290. The van der Waals surface area contributed by atoms with Crippen LogP contribution in [0.3, 0.4) is 0 Å². The van der Waals surface area contributed by atoms with E-state index in [2.05, 4.69) is 6.92 Å². The fraction of sp³-hybridized carbons (Fsp3) is 0.786. The topological polar surface area (TPSA) is 37.3 Å². The lowest BCUT2D eigenvalue weighted by Gasteiger charge is -2.28. The van der Waals surface area contributed by atoms with Crippen molar-refractivity contribution in [1.29, 1.82) is 0 Å². The van der Waals surface area contributed by atoms with Gasteiger partial charge in [-0.25, -0.2) is 0 Å². The van der Waals surface area contributed by atoms with E-state index >= 15 is 0 Å². The van der Waals surface area contributed by atoms with Gasteiger partial charge in [0.1, 0.15) is 0 Å². The Morgan fingerprint density at radius 1 is 1.25 bits per heavy atom. The van der Waals surface area contributed by atoms with E-state index in [-0.39, 0.29) is 0 Å². The zero-order chi connectivity index (χ0) is 12.4. The van der Waals surface area contributed by atoms with Crippen LogP contribution in [0.15, 0.2) is 11.6 Å². The minimum absolute atomic E-state index is 0.347. The van der Waals surface area contributed by atoms with Crippen LogP contribution in [-0.2, 0) is 4.79 Å². The first kappa shape index (κ1) is 13.4. The molecule has 0 aromatic carbocycles. The Balaban J connectivity index is 0.000000221. The molecule has 2 rings (SSSR count). The molecule has 0 aliphatic heterocycles. The first-order chi connectivity index (χ1) is 7.21. The van der Waals surface area contributed by atoms with Crippen molar-refractivity contribution in [3.63, 3.8) is 0 Å². The Labute approximate surface area is 98.7 Å². The number of carbonyl (C=O) groups excluding carboxylic acids is 1. The van der Waals surface area contributed by atoms with E-state index in [1.807, 2.05) is 6.08 Å². The second-order valence-corrected chi connectivity index (χ2v) is 6.22. The summed E-state index contributed by atoms with van der Waals surface area (Å²) in [5, 5.41) is 8.52. The number of rotatable bonds is 0. The van der Waals surface area contributed by atoms with Gasteiger partial charge in [-0.3, -0.25) is 4.79 Å². The molecule has 0 heterocycles. The molecule has 0 amide bonds. The van der Waals surface area contributed by atoms with Gasteiger partial charge in [0.25, 0.3) is 0 Å². The third kappa shape index (κ3) is 4.09. The first-order valence-corrected chi connectivity index (χ1v) is 6.17. The molecule has 2 nitrogen and oxygen atoms in total. The Kier molecular flexibility index (Phi) is 3.95. The van der Waals surface area contributed by atoms with Crippen molar-refractivity contribution in [2.24, 2.45) is 5.41 Å². The molecule has 92 valence electrons. The molecule has 16 heavy (non-hydrogen) atoms. The summed E-state index contributed by atoms with van der Waals surface area (Å²) in [6.45, 7) is 7.53. The van der Waals surface area contributed by atoms with E-state index in [0.29, 0.717) is 11.2 Å². The lowest BCUT2D eigenvalue weighted by molar-refractivity contribution is -0.115. The predicted octanol–water partition coefficient (Wildman–Crippen LogP) is 3.24. The maximum atomic E-state index is 11.1. The number of hydrogen-bond donors (Lipinski definition) is 1. The molecule has 2 heteroatoms. The van der Waals surface area contributed by atoms with Crippen molar-refractivity contribution in [2.75, 3.05) is 0 Å². The maximum Gasteiger partial charge on any atom is 0.155 e. The highest BCUT2D eigenvalue weighted by Gasteiger charge is 2.36. The SMILES string of the molecule is CC(C)(C)O.C[C@]12CCCC1=CC(=O)CC2. The van der Waals surface area contributed by atoms with Gasteiger partial charge in [0.2, 0.25) is 0 Å². The summed E-state index contributed by atoms with van der Waals surface area (Å²) >= 11 is 0. The van der Waals surface area contributed by atoms with E-state index in [1.54, 1.807) is 20.8 Å². The molecule has 1 atom stereocenters. The summed E-state index contributed by atoms with van der Waals surface area (Å²) < 4.78 is 0. The van der Waals surface area contributed by atoms with Crippen molar-refractivity contribution in [3.05, 3.63) is 11.6 Å². The van der Waals surface area contributed by atoms with E-state index in [1.165, 1.54) is 24.8 Å². The van der Waals surface area contributed by atoms with Crippen LogP contribution in [0, 0.1) is 5.41 Å². The van der Waals surface area contributed by atoms with Gasteiger partial charge in [-0.1, -0.05) is 12.5 Å². The van der Waals surface area contributed by atoms with Crippen molar-refractivity contribution >= 4 is 5.78 Å². The average Bonchev–Trinajstić information content (AvgIpc) is 2.44. The number of carbonyl (C=O) groups is 1. The zero-order valence-corrected chi connectivity index (χ0v) is 11.0. The fourth-order valence-electron chi connectivity index (χ4n) is 2.33. The standard InChI is InChI=1S/C10H14O.C4H10O/c1-10-5-2-3-8(10)7-9(11)4-6-10;1-4(2,3)5/h7H,2-6H2,1H3;5H,1-3H3/t10-;/m1./s1. The number of allylic oxidation sites excluding steroid dienone is 2. The van der Waals surface area contributed by atoms with Gasteiger partial charge >= 0.3 is 0 Å². The second-order valence-electron chi connectivity index (χ2n) is 6.22. The first-order valence-electron chi connectivity index (χ1n) is 6.17. The number of ketones is 1. The average molecular weight is 224 g/mol. The largest absolute Gasteiger partial charge is 0.391 e. The monoisotopic (exact) mass is 224 g/mol. The lowest BCUT2D eigenvalue weighted by atomic mass is 9.76. The van der Waals surface area contributed by atoms with E-state index in [0.717, 1.165) is 12.8 Å². The van der Waals surface area contributed by atoms with Gasteiger partial charge in [-0.15, -0.1) is 0 Å². The highest BCUT2D eigenvalue weighted by Crippen LogP contribution is 2.47. The van der Waals surface area contributed by atoms with Gasteiger partial charge < -0.3 is 5.11 Å².